The third-order valence-electron chi connectivity index (χ3n) is 7.30. The first-order valence-electron chi connectivity index (χ1n) is 12.6. The molecule has 8 atom stereocenters. The number of carbonyl (C=O) groups excluding carboxylic acids is 4. The molecule has 0 radical (unpaired) electrons. The second-order valence-electron chi connectivity index (χ2n) is 10.3. The topological polar surface area (TPSA) is 127 Å². The maximum atomic E-state index is 12.9. The summed E-state index contributed by atoms with van der Waals surface area (Å²) in [6.07, 6.45) is 1.65. The number of hydrogen-bond donors (Lipinski definition) is 0. The van der Waals surface area contributed by atoms with Gasteiger partial charge in [0.05, 0.1) is 18.4 Å². The number of ether oxygens (including phenoxy) is 6. The van der Waals surface area contributed by atoms with E-state index in [0.717, 1.165) is 11.1 Å². The van der Waals surface area contributed by atoms with E-state index in [9.17, 15) is 19.2 Å². The van der Waals surface area contributed by atoms with E-state index in [1.807, 2.05) is 32.9 Å². The number of epoxide rings is 1. The van der Waals surface area contributed by atoms with Crippen molar-refractivity contribution >= 4 is 23.9 Å². The lowest BCUT2D eigenvalue weighted by Crippen LogP contribution is -2.43. The molecule has 0 unspecified atom stereocenters. The van der Waals surface area contributed by atoms with Crippen LogP contribution >= 0.6 is 0 Å². The van der Waals surface area contributed by atoms with Crippen LogP contribution < -0.4 is 0 Å². The Morgan fingerprint density at radius 3 is 2.24 bits per heavy atom. The van der Waals surface area contributed by atoms with Gasteiger partial charge in [-0.3, -0.25) is 19.2 Å². The molecule has 2 aliphatic heterocycles. The van der Waals surface area contributed by atoms with E-state index in [2.05, 4.69) is 0 Å². The van der Waals surface area contributed by atoms with Crippen LogP contribution in [-0.4, -0.2) is 73.7 Å². The van der Waals surface area contributed by atoms with E-state index in [1.54, 1.807) is 0 Å². The van der Waals surface area contributed by atoms with Gasteiger partial charge in [0.1, 0.15) is 36.1 Å². The maximum Gasteiger partial charge on any atom is 0.312 e. The standard InChI is InChI=1S/C27H38O10/c1-14-8-10-20(33-16(3)28)15(2)9-11-22(35-18(5)30)27(6)25(37-27)24-23(21(12-14)34-17(4)29)19(13-32-7)26(31)36-24/h8-9,19-25H,10-13H2,1-7H3/b14-8-,15-9-/t19-,20-,21+,22-,23+,24-,25-,27-/m0/s1. The molecule has 1 aliphatic carbocycles. The van der Waals surface area contributed by atoms with Crippen molar-refractivity contribution in [1.29, 1.82) is 0 Å². The van der Waals surface area contributed by atoms with Crippen LogP contribution in [0.2, 0.25) is 0 Å². The van der Waals surface area contributed by atoms with E-state index in [-0.39, 0.29) is 6.61 Å². The Hall–Kier alpha value is -2.72. The molecule has 0 aromatic carbocycles. The Morgan fingerprint density at radius 1 is 1.00 bits per heavy atom. The molecule has 3 aliphatic rings. The highest BCUT2D eigenvalue weighted by Gasteiger charge is 2.68. The Bertz CT molecular complexity index is 968. The minimum Gasteiger partial charge on any atom is -0.462 e. The minimum atomic E-state index is -0.944. The number of carbonyl (C=O) groups is 4. The average molecular weight is 523 g/mol. The molecule has 206 valence electrons. The number of esters is 4. The fourth-order valence-electron chi connectivity index (χ4n) is 5.40. The van der Waals surface area contributed by atoms with Crippen LogP contribution in [-0.2, 0) is 47.6 Å². The van der Waals surface area contributed by atoms with Crippen LogP contribution in [0.15, 0.2) is 23.3 Å². The molecule has 0 aromatic rings. The van der Waals surface area contributed by atoms with Gasteiger partial charge in [-0.25, -0.2) is 0 Å². The number of fused-ring (bicyclic) bond motifs is 3. The van der Waals surface area contributed by atoms with Gasteiger partial charge in [-0.15, -0.1) is 0 Å². The average Bonchev–Trinajstić information content (AvgIpc) is 3.38. The fourth-order valence-corrected chi connectivity index (χ4v) is 5.40. The van der Waals surface area contributed by atoms with E-state index < -0.39 is 71.8 Å². The van der Waals surface area contributed by atoms with Gasteiger partial charge in [-0.1, -0.05) is 17.7 Å². The van der Waals surface area contributed by atoms with Crippen molar-refractivity contribution in [3.63, 3.8) is 0 Å². The molecule has 0 aromatic heterocycles. The molecule has 0 bridgehead atoms. The molecular weight excluding hydrogens is 484 g/mol. The van der Waals surface area contributed by atoms with Gasteiger partial charge >= 0.3 is 23.9 Å². The molecule has 10 heteroatoms. The Labute approximate surface area is 217 Å². The molecule has 2 heterocycles. The Kier molecular flexibility index (Phi) is 9.18. The SMILES string of the molecule is COC[C@@H]1C(=O)O[C@H]2[C@H]1[C@H](OC(C)=O)C/C(C)=C\C[C@H](OC(C)=O)/C(C)=C\C[C@H](OC(C)=O)[C@]1(C)O[C@@H]21. The molecule has 3 rings (SSSR count). The molecular formula is C27H38O10. The predicted molar refractivity (Wildman–Crippen MR) is 130 cm³/mol. The summed E-state index contributed by atoms with van der Waals surface area (Å²) in [6.45, 7) is 9.65. The lowest BCUT2D eigenvalue weighted by Gasteiger charge is -2.30. The molecule has 0 N–H and O–H groups in total. The van der Waals surface area contributed by atoms with Gasteiger partial charge in [-0.2, -0.15) is 0 Å². The molecule has 37 heavy (non-hydrogen) atoms. The zero-order valence-corrected chi connectivity index (χ0v) is 22.6. The van der Waals surface area contributed by atoms with Crippen molar-refractivity contribution < 1.29 is 47.6 Å². The summed E-state index contributed by atoms with van der Waals surface area (Å²) >= 11 is 0. The summed E-state index contributed by atoms with van der Waals surface area (Å²) in [5.74, 6) is -3.04. The van der Waals surface area contributed by atoms with Crippen LogP contribution in [0, 0.1) is 11.8 Å². The van der Waals surface area contributed by atoms with Crippen LogP contribution in [0.25, 0.3) is 0 Å². The minimum absolute atomic E-state index is 0.0911. The van der Waals surface area contributed by atoms with Crippen molar-refractivity contribution in [3.05, 3.63) is 23.3 Å². The Morgan fingerprint density at radius 2 is 1.65 bits per heavy atom. The fraction of sp³-hybridized carbons (Fsp3) is 0.704. The zero-order chi connectivity index (χ0) is 27.5. The first-order chi connectivity index (χ1) is 17.4. The van der Waals surface area contributed by atoms with Gasteiger partial charge in [0.15, 0.2) is 0 Å². The monoisotopic (exact) mass is 522 g/mol. The summed E-state index contributed by atoms with van der Waals surface area (Å²) < 4.78 is 34.2. The summed E-state index contributed by atoms with van der Waals surface area (Å²) in [5, 5.41) is 0. The van der Waals surface area contributed by atoms with Gasteiger partial charge in [0.2, 0.25) is 0 Å². The molecule has 2 fully saturated rings. The largest absolute Gasteiger partial charge is 0.462 e. The van der Waals surface area contributed by atoms with Crippen molar-refractivity contribution in [2.75, 3.05) is 13.7 Å². The van der Waals surface area contributed by atoms with Crippen LogP contribution in [0.1, 0.15) is 60.8 Å². The van der Waals surface area contributed by atoms with E-state index in [4.69, 9.17) is 28.4 Å². The first-order valence-corrected chi connectivity index (χ1v) is 12.6. The molecule has 0 saturated carbocycles. The smallest absolute Gasteiger partial charge is 0.312 e. The van der Waals surface area contributed by atoms with Crippen LogP contribution in [0.3, 0.4) is 0 Å². The van der Waals surface area contributed by atoms with Crippen LogP contribution in [0.5, 0.6) is 0 Å². The normalized spacial score (nSPS) is 38.8. The molecule has 10 nitrogen and oxygen atoms in total. The van der Waals surface area contributed by atoms with Gasteiger partial charge in [0, 0.05) is 47.1 Å². The summed E-state index contributed by atoms with van der Waals surface area (Å²) in [4.78, 5) is 48.8. The summed E-state index contributed by atoms with van der Waals surface area (Å²) in [7, 11) is 1.49. The van der Waals surface area contributed by atoms with E-state index >= 15 is 0 Å². The van der Waals surface area contributed by atoms with Crippen molar-refractivity contribution in [2.45, 2.75) is 96.9 Å². The predicted octanol–water partition coefficient (Wildman–Crippen LogP) is 2.82. The molecule has 2 saturated heterocycles. The quantitative estimate of drug-likeness (QED) is 0.230. The van der Waals surface area contributed by atoms with Gasteiger partial charge in [-0.05, 0) is 26.3 Å². The molecule has 0 spiro atoms. The van der Waals surface area contributed by atoms with E-state index in [0.29, 0.717) is 19.3 Å². The number of hydrogen-bond acceptors (Lipinski definition) is 10. The van der Waals surface area contributed by atoms with Crippen LogP contribution in [0.4, 0.5) is 0 Å². The second-order valence-corrected chi connectivity index (χ2v) is 10.3. The van der Waals surface area contributed by atoms with Gasteiger partial charge in [0.25, 0.3) is 0 Å². The first kappa shape index (κ1) is 28.8. The highest BCUT2D eigenvalue weighted by molar-refractivity contribution is 5.76. The maximum absolute atomic E-state index is 12.9. The number of methoxy groups -OCH3 is 1. The lowest BCUT2D eigenvalue weighted by molar-refractivity contribution is -0.152. The third kappa shape index (κ3) is 6.78. The second kappa shape index (κ2) is 11.8. The summed E-state index contributed by atoms with van der Waals surface area (Å²) in [5.41, 5.74) is 0.760. The van der Waals surface area contributed by atoms with Gasteiger partial charge < -0.3 is 28.4 Å². The lowest BCUT2D eigenvalue weighted by atomic mass is 9.79. The third-order valence-corrected chi connectivity index (χ3v) is 7.30. The highest BCUT2D eigenvalue weighted by atomic mass is 16.7. The van der Waals surface area contributed by atoms with Crippen molar-refractivity contribution in [3.8, 4) is 0 Å². The zero-order valence-electron chi connectivity index (χ0n) is 22.6. The van der Waals surface area contributed by atoms with E-state index in [1.165, 1.54) is 27.9 Å². The van der Waals surface area contributed by atoms with Crippen molar-refractivity contribution in [2.24, 2.45) is 11.8 Å². The van der Waals surface area contributed by atoms with Crippen molar-refractivity contribution in [1.82, 2.24) is 0 Å². The number of rotatable bonds is 5. The molecule has 0 amide bonds. The highest BCUT2D eigenvalue weighted by Crippen LogP contribution is 2.51. The summed E-state index contributed by atoms with van der Waals surface area (Å²) in [6, 6.07) is 0. The Balaban J connectivity index is 2.08.